The Morgan fingerprint density at radius 1 is 0.976 bits per heavy atom. The normalized spacial score (nSPS) is 19.5. The van der Waals surface area contributed by atoms with Gasteiger partial charge < -0.3 is 23.5 Å². The number of fused-ring (bicyclic) bond motifs is 2. The van der Waals surface area contributed by atoms with Gasteiger partial charge in [0, 0.05) is 33.7 Å². The van der Waals surface area contributed by atoms with Crippen LogP contribution in [-0.4, -0.2) is 72.2 Å². The van der Waals surface area contributed by atoms with Gasteiger partial charge in [-0.3, -0.25) is 14.5 Å². The summed E-state index contributed by atoms with van der Waals surface area (Å²) in [6.07, 6.45) is 0.265. The smallest absolute Gasteiger partial charge is 0.256 e. The van der Waals surface area contributed by atoms with Crippen molar-refractivity contribution >= 4 is 33.9 Å². The molecule has 1 saturated heterocycles. The van der Waals surface area contributed by atoms with Crippen molar-refractivity contribution in [1.82, 2.24) is 4.90 Å². The van der Waals surface area contributed by atoms with Crippen LogP contribution in [0.25, 0.3) is 0 Å². The highest BCUT2D eigenvalue weighted by Crippen LogP contribution is 2.42. The van der Waals surface area contributed by atoms with Gasteiger partial charge in [0.25, 0.3) is 11.8 Å². The van der Waals surface area contributed by atoms with Gasteiger partial charge in [0.15, 0.2) is 19.8 Å². The maximum Gasteiger partial charge on any atom is 0.256 e. The molecule has 0 saturated carbocycles. The van der Waals surface area contributed by atoms with E-state index in [9.17, 15) is 9.59 Å². The van der Waals surface area contributed by atoms with Crippen molar-refractivity contribution in [1.29, 1.82) is 0 Å². The van der Waals surface area contributed by atoms with Gasteiger partial charge in [-0.2, -0.15) is 0 Å². The molecular formula is C32H48N2O6Si2. The van der Waals surface area contributed by atoms with Crippen molar-refractivity contribution in [2.24, 2.45) is 0 Å². The third-order valence-corrected chi connectivity index (χ3v) is 14.8. The highest BCUT2D eigenvalue weighted by atomic mass is 28.4. The lowest BCUT2D eigenvalue weighted by molar-refractivity contribution is -0.123. The van der Waals surface area contributed by atoms with Crippen molar-refractivity contribution < 1.29 is 28.2 Å². The molecule has 42 heavy (non-hydrogen) atoms. The molecule has 2 unspecified atom stereocenters. The number of methoxy groups -OCH3 is 1. The molecule has 4 rings (SSSR count). The molecule has 2 aliphatic rings. The van der Waals surface area contributed by atoms with Crippen LogP contribution in [0.1, 0.15) is 43.1 Å². The monoisotopic (exact) mass is 612 g/mol. The molecule has 0 N–H and O–H groups in total. The second-order valence-corrected chi connectivity index (χ2v) is 24.5. The van der Waals surface area contributed by atoms with Crippen LogP contribution in [0.2, 0.25) is 43.8 Å². The molecule has 0 spiro atoms. The quantitative estimate of drug-likeness (QED) is 0.212. The average molecular weight is 613 g/mol. The van der Waals surface area contributed by atoms with E-state index < -0.39 is 22.4 Å². The Labute approximate surface area is 253 Å². The molecule has 230 valence electrons. The zero-order valence-electron chi connectivity index (χ0n) is 26.8. The Morgan fingerprint density at radius 3 is 2.29 bits per heavy atom. The summed E-state index contributed by atoms with van der Waals surface area (Å²) in [7, 11) is -1.87. The van der Waals surface area contributed by atoms with Crippen molar-refractivity contribution in [2.75, 3.05) is 31.9 Å². The Hall–Kier alpha value is -2.67. The number of benzene rings is 2. The molecule has 0 bridgehead atoms. The van der Waals surface area contributed by atoms with Crippen LogP contribution < -0.4 is 14.4 Å². The van der Waals surface area contributed by atoms with Gasteiger partial charge in [-0.1, -0.05) is 70.7 Å². The summed E-state index contributed by atoms with van der Waals surface area (Å²) in [5.74, 6) is 0.545. The van der Waals surface area contributed by atoms with Crippen LogP contribution in [0.3, 0.4) is 0 Å². The summed E-state index contributed by atoms with van der Waals surface area (Å²) < 4.78 is 24.6. The molecule has 2 heterocycles. The van der Waals surface area contributed by atoms with Crippen LogP contribution in [-0.2, 0) is 20.6 Å². The van der Waals surface area contributed by atoms with Crippen LogP contribution >= 0.6 is 0 Å². The Morgan fingerprint density at radius 2 is 1.67 bits per heavy atom. The van der Waals surface area contributed by atoms with Crippen LogP contribution in [0.4, 0.5) is 5.69 Å². The van der Waals surface area contributed by atoms with Gasteiger partial charge >= 0.3 is 0 Å². The molecule has 2 atom stereocenters. The standard InChI is InChI=1S/C32H48N2O6Si2/c1-32(2,3)42(8,9)40-24-17-27-31(36)34(22-38-15-16-41(5,6)7)26-19-29(39-21-23-13-11-10-12-14-23)28(37-4)18-25(26)30(35)33(27)20-24/h10-14,18-19,24,27H,15-17,20-22H2,1-9H3. The third kappa shape index (κ3) is 7.27. The van der Waals surface area contributed by atoms with Gasteiger partial charge in [0.1, 0.15) is 19.4 Å². The second kappa shape index (κ2) is 12.5. The van der Waals surface area contributed by atoms with E-state index in [0.717, 1.165) is 11.6 Å². The highest BCUT2D eigenvalue weighted by molar-refractivity contribution is 6.76. The molecule has 2 aliphatic heterocycles. The third-order valence-electron chi connectivity index (χ3n) is 8.60. The molecule has 10 heteroatoms. The molecule has 2 amide bonds. The predicted octanol–water partition coefficient (Wildman–Crippen LogP) is 6.54. The van der Waals surface area contributed by atoms with E-state index in [1.54, 1.807) is 29.0 Å². The number of hydrogen-bond acceptors (Lipinski definition) is 6. The van der Waals surface area contributed by atoms with Crippen molar-refractivity contribution in [3.63, 3.8) is 0 Å². The SMILES string of the molecule is COc1cc2c(cc1OCc1ccccc1)N(COCC[Si](C)(C)C)C(=O)C1CC(O[Si](C)(C)C(C)(C)C)CN1C2=O. The van der Waals surface area contributed by atoms with Gasteiger partial charge in [-0.25, -0.2) is 0 Å². The molecule has 8 nitrogen and oxygen atoms in total. The summed E-state index contributed by atoms with van der Waals surface area (Å²) in [5.41, 5.74) is 1.89. The Balaban J connectivity index is 1.68. The van der Waals surface area contributed by atoms with Crippen molar-refractivity contribution in [3.8, 4) is 11.5 Å². The fourth-order valence-corrected chi connectivity index (χ4v) is 7.12. The lowest BCUT2D eigenvalue weighted by atomic mass is 10.1. The van der Waals surface area contributed by atoms with Gasteiger partial charge in [0.05, 0.1) is 24.5 Å². The van der Waals surface area contributed by atoms with E-state index in [4.69, 9.17) is 18.6 Å². The van der Waals surface area contributed by atoms with Crippen LogP contribution in [0.5, 0.6) is 11.5 Å². The lowest BCUT2D eigenvalue weighted by Gasteiger charge is -2.38. The number of amides is 2. The summed E-state index contributed by atoms with van der Waals surface area (Å²) in [5, 5.41) is 0.0212. The zero-order valence-corrected chi connectivity index (χ0v) is 28.8. The molecule has 1 fully saturated rings. The first-order valence-electron chi connectivity index (χ1n) is 14.9. The van der Waals surface area contributed by atoms with Crippen molar-refractivity contribution in [2.45, 2.75) is 89.8 Å². The summed E-state index contributed by atoms with van der Waals surface area (Å²) >= 11 is 0. The maximum atomic E-state index is 14.2. The number of nitrogens with zero attached hydrogens (tertiary/aromatic N) is 2. The summed E-state index contributed by atoms with van der Waals surface area (Å²) in [6.45, 7) is 19.2. The zero-order chi connectivity index (χ0) is 30.9. The topological polar surface area (TPSA) is 77.5 Å². The van der Waals surface area contributed by atoms with E-state index >= 15 is 0 Å². The van der Waals surface area contributed by atoms with E-state index in [2.05, 4.69) is 53.5 Å². The first kappa shape index (κ1) is 32.3. The fraction of sp³-hybridized carbons (Fsp3) is 0.562. The minimum absolute atomic E-state index is 0.0212. The number of anilines is 1. The van der Waals surface area contributed by atoms with Gasteiger partial charge in [0.2, 0.25) is 0 Å². The summed E-state index contributed by atoms with van der Waals surface area (Å²) in [4.78, 5) is 31.6. The van der Waals surface area contributed by atoms with Crippen LogP contribution in [0.15, 0.2) is 42.5 Å². The number of rotatable bonds is 11. The minimum Gasteiger partial charge on any atom is -0.493 e. The van der Waals surface area contributed by atoms with E-state index in [1.165, 1.54) is 0 Å². The van der Waals surface area contributed by atoms with Gasteiger partial charge in [-0.15, -0.1) is 0 Å². The maximum absolute atomic E-state index is 14.2. The number of hydrogen-bond donors (Lipinski definition) is 0. The van der Waals surface area contributed by atoms with Crippen molar-refractivity contribution in [3.05, 3.63) is 53.6 Å². The first-order valence-corrected chi connectivity index (χ1v) is 21.5. The number of carbonyl (C=O) groups excluding carboxylic acids is 2. The molecule has 0 aromatic heterocycles. The largest absolute Gasteiger partial charge is 0.493 e. The lowest BCUT2D eigenvalue weighted by Crippen LogP contribution is -2.45. The number of carbonyl (C=O) groups is 2. The Kier molecular flexibility index (Phi) is 9.61. The molecule has 0 aliphatic carbocycles. The van der Waals surface area contributed by atoms with E-state index in [0.29, 0.717) is 48.9 Å². The molecule has 0 radical (unpaired) electrons. The van der Waals surface area contributed by atoms with Gasteiger partial charge in [-0.05, 0) is 35.8 Å². The average Bonchev–Trinajstić information content (AvgIpc) is 3.30. The van der Waals surface area contributed by atoms with Crippen LogP contribution in [0, 0.1) is 0 Å². The predicted molar refractivity (Wildman–Crippen MR) is 172 cm³/mol. The molecule has 2 aromatic carbocycles. The summed E-state index contributed by atoms with van der Waals surface area (Å²) in [6, 6.07) is 13.6. The van der Waals surface area contributed by atoms with E-state index in [1.807, 2.05) is 30.3 Å². The minimum atomic E-state index is -2.10. The fourth-order valence-electron chi connectivity index (χ4n) is 5.01. The molecule has 2 aromatic rings. The number of ether oxygens (including phenoxy) is 3. The highest BCUT2D eigenvalue weighted by Gasteiger charge is 2.49. The first-order chi connectivity index (χ1) is 19.6. The Bertz CT molecular complexity index is 1270. The molecular weight excluding hydrogens is 565 g/mol. The second-order valence-electron chi connectivity index (χ2n) is 14.1. The van der Waals surface area contributed by atoms with E-state index in [-0.39, 0.29) is 29.7 Å².